The second kappa shape index (κ2) is 8.04. The number of anilines is 1. The fourth-order valence-electron chi connectivity index (χ4n) is 3.12. The van der Waals surface area contributed by atoms with E-state index in [4.69, 9.17) is 15.2 Å². The molecule has 29 heavy (non-hydrogen) atoms. The Morgan fingerprint density at radius 3 is 2.97 bits per heavy atom. The molecule has 150 valence electrons. The Balaban J connectivity index is 1.49. The zero-order valence-electron chi connectivity index (χ0n) is 15.8. The number of hydrogen-bond donors (Lipinski definition) is 2. The predicted octanol–water partition coefficient (Wildman–Crippen LogP) is 2.33. The molecule has 3 N–H and O–H groups in total. The maximum Gasteiger partial charge on any atom is 0.260 e. The van der Waals surface area contributed by atoms with Gasteiger partial charge in [0, 0.05) is 6.07 Å². The van der Waals surface area contributed by atoms with Crippen LogP contribution in [0.5, 0.6) is 11.5 Å². The fourth-order valence-corrected chi connectivity index (χ4v) is 3.88. The SMILES string of the molecule is CCOc1ccc2nc(SCC(=O)N3C[C@@H](C(N)=O)Oc4ccccc43)[nH]c2c1. The lowest BCUT2D eigenvalue weighted by Crippen LogP contribution is -2.49. The van der Waals surface area contributed by atoms with E-state index >= 15 is 0 Å². The number of benzene rings is 2. The van der Waals surface area contributed by atoms with Crippen LogP contribution in [0, 0.1) is 0 Å². The van der Waals surface area contributed by atoms with Crippen molar-refractivity contribution >= 4 is 40.3 Å². The van der Waals surface area contributed by atoms with Crippen LogP contribution < -0.4 is 20.1 Å². The number of ether oxygens (including phenoxy) is 2. The summed E-state index contributed by atoms with van der Waals surface area (Å²) in [4.78, 5) is 33.7. The third-order valence-electron chi connectivity index (χ3n) is 4.47. The zero-order chi connectivity index (χ0) is 20.4. The van der Waals surface area contributed by atoms with E-state index in [0.717, 1.165) is 16.8 Å². The molecule has 0 saturated heterocycles. The molecule has 0 aliphatic carbocycles. The first kappa shape index (κ1) is 19.1. The molecule has 0 bridgehead atoms. The largest absolute Gasteiger partial charge is 0.494 e. The molecular weight excluding hydrogens is 392 g/mol. The minimum absolute atomic E-state index is 0.0869. The van der Waals surface area contributed by atoms with Crippen molar-refractivity contribution in [1.29, 1.82) is 0 Å². The van der Waals surface area contributed by atoms with Crippen molar-refractivity contribution in [2.24, 2.45) is 5.73 Å². The van der Waals surface area contributed by atoms with Gasteiger partial charge < -0.3 is 25.1 Å². The Hall–Kier alpha value is -3.20. The summed E-state index contributed by atoms with van der Waals surface area (Å²) in [6, 6.07) is 12.7. The average Bonchev–Trinajstić information content (AvgIpc) is 3.13. The van der Waals surface area contributed by atoms with Crippen molar-refractivity contribution in [2.45, 2.75) is 18.2 Å². The number of imidazole rings is 1. The van der Waals surface area contributed by atoms with Gasteiger partial charge in [-0.2, -0.15) is 0 Å². The maximum absolute atomic E-state index is 12.9. The van der Waals surface area contributed by atoms with E-state index < -0.39 is 12.0 Å². The summed E-state index contributed by atoms with van der Waals surface area (Å²) in [6.07, 6.45) is -0.873. The molecule has 2 amide bonds. The Labute approximate surface area is 171 Å². The molecule has 0 saturated carbocycles. The summed E-state index contributed by atoms with van der Waals surface area (Å²) in [5, 5.41) is 0.634. The predicted molar refractivity (Wildman–Crippen MR) is 110 cm³/mol. The van der Waals surface area contributed by atoms with E-state index in [1.807, 2.05) is 31.2 Å². The van der Waals surface area contributed by atoms with E-state index in [0.29, 0.717) is 23.2 Å². The summed E-state index contributed by atoms with van der Waals surface area (Å²) in [6.45, 7) is 2.60. The van der Waals surface area contributed by atoms with Gasteiger partial charge >= 0.3 is 0 Å². The highest BCUT2D eigenvalue weighted by atomic mass is 32.2. The number of amides is 2. The lowest BCUT2D eigenvalue weighted by molar-refractivity contribution is -0.125. The molecule has 9 heteroatoms. The second-order valence-electron chi connectivity index (χ2n) is 6.42. The van der Waals surface area contributed by atoms with E-state index in [-0.39, 0.29) is 18.2 Å². The van der Waals surface area contributed by atoms with Crippen LogP contribution >= 0.6 is 11.8 Å². The molecule has 2 aromatic carbocycles. The number of aromatic amines is 1. The van der Waals surface area contributed by atoms with Crippen molar-refractivity contribution < 1.29 is 19.1 Å². The number of carbonyl (C=O) groups is 2. The van der Waals surface area contributed by atoms with Crippen LogP contribution in [-0.2, 0) is 9.59 Å². The standard InChI is InChI=1S/C20H20N4O4S/c1-2-27-12-7-8-13-14(9-12)23-20(22-13)29-11-18(25)24-10-17(19(21)26)28-16-6-4-3-5-15(16)24/h3-9,17H,2,10-11H2,1H3,(H2,21,26)(H,22,23)/t17-/m0/s1. The molecule has 1 atom stereocenters. The van der Waals surface area contributed by atoms with Crippen LogP contribution in [-0.4, -0.2) is 46.8 Å². The van der Waals surface area contributed by atoms with Crippen molar-refractivity contribution in [2.75, 3.05) is 23.8 Å². The number of nitrogens with one attached hydrogen (secondary N) is 1. The van der Waals surface area contributed by atoms with Crippen molar-refractivity contribution in [3.05, 3.63) is 42.5 Å². The number of nitrogens with zero attached hydrogens (tertiary/aromatic N) is 2. The van der Waals surface area contributed by atoms with Crippen LogP contribution in [0.15, 0.2) is 47.6 Å². The normalized spacial score (nSPS) is 15.6. The number of rotatable bonds is 6. The third-order valence-corrected chi connectivity index (χ3v) is 5.33. The van der Waals surface area contributed by atoms with Gasteiger partial charge in [0.25, 0.3) is 5.91 Å². The summed E-state index contributed by atoms with van der Waals surface area (Å²) in [5.41, 5.74) is 7.67. The van der Waals surface area contributed by atoms with Gasteiger partial charge in [-0.15, -0.1) is 0 Å². The first-order chi connectivity index (χ1) is 14.0. The summed E-state index contributed by atoms with van der Waals surface area (Å²) in [5.74, 6) is 0.615. The lowest BCUT2D eigenvalue weighted by Gasteiger charge is -2.33. The fraction of sp³-hybridized carbons (Fsp3) is 0.250. The zero-order valence-corrected chi connectivity index (χ0v) is 16.6. The van der Waals surface area contributed by atoms with Gasteiger partial charge in [0.1, 0.15) is 11.5 Å². The molecule has 0 fully saturated rings. The van der Waals surface area contributed by atoms with E-state index in [1.54, 1.807) is 18.2 Å². The van der Waals surface area contributed by atoms with Crippen LogP contribution in [0.3, 0.4) is 0 Å². The summed E-state index contributed by atoms with van der Waals surface area (Å²) in [7, 11) is 0. The third kappa shape index (κ3) is 4.00. The van der Waals surface area contributed by atoms with E-state index in [9.17, 15) is 9.59 Å². The number of fused-ring (bicyclic) bond motifs is 2. The Morgan fingerprint density at radius 2 is 2.17 bits per heavy atom. The lowest BCUT2D eigenvalue weighted by atomic mass is 10.2. The second-order valence-corrected chi connectivity index (χ2v) is 7.39. The smallest absolute Gasteiger partial charge is 0.260 e. The highest BCUT2D eigenvalue weighted by molar-refractivity contribution is 7.99. The molecule has 4 rings (SSSR count). The molecule has 0 unspecified atom stereocenters. The maximum atomic E-state index is 12.9. The quantitative estimate of drug-likeness (QED) is 0.601. The molecular formula is C20H20N4O4S. The number of nitrogens with two attached hydrogens (primary N) is 1. The minimum atomic E-state index is -0.873. The van der Waals surface area contributed by atoms with Crippen LogP contribution in [0.1, 0.15) is 6.92 Å². The number of hydrogen-bond acceptors (Lipinski definition) is 6. The topological polar surface area (TPSA) is 111 Å². The van der Waals surface area contributed by atoms with Gasteiger partial charge in [-0.3, -0.25) is 9.59 Å². The summed E-state index contributed by atoms with van der Waals surface area (Å²) >= 11 is 1.30. The van der Waals surface area contributed by atoms with Crippen molar-refractivity contribution in [3.63, 3.8) is 0 Å². The van der Waals surface area contributed by atoms with Gasteiger partial charge in [-0.1, -0.05) is 23.9 Å². The Kier molecular flexibility index (Phi) is 5.30. The molecule has 1 aliphatic heterocycles. The number of primary amides is 1. The molecule has 3 aromatic rings. The van der Waals surface area contributed by atoms with Gasteiger partial charge in [-0.05, 0) is 31.2 Å². The van der Waals surface area contributed by atoms with Crippen LogP contribution in [0.25, 0.3) is 11.0 Å². The number of para-hydroxylation sites is 2. The van der Waals surface area contributed by atoms with E-state index in [1.165, 1.54) is 16.7 Å². The molecule has 0 spiro atoms. The van der Waals surface area contributed by atoms with Gasteiger partial charge in [-0.25, -0.2) is 4.98 Å². The monoisotopic (exact) mass is 412 g/mol. The number of H-pyrrole nitrogens is 1. The van der Waals surface area contributed by atoms with Crippen LogP contribution in [0.2, 0.25) is 0 Å². The number of aromatic nitrogens is 2. The highest BCUT2D eigenvalue weighted by Gasteiger charge is 2.32. The Morgan fingerprint density at radius 1 is 1.34 bits per heavy atom. The average molecular weight is 412 g/mol. The van der Waals surface area contributed by atoms with Crippen molar-refractivity contribution in [3.8, 4) is 11.5 Å². The minimum Gasteiger partial charge on any atom is -0.494 e. The van der Waals surface area contributed by atoms with Crippen molar-refractivity contribution in [1.82, 2.24) is 9.97 Å². The molecule has 2 heterocycles. The molecule has 0 radical (unpaired) electrons. The van der Waals surface area contributed by atoms with Gasteiger partial charge in [0.15, 0.2) is 11.3 Å². The number of carbonyl (C=O) groups excluding carboxylic acids is 2. The Bertz CT molecular complexity index is 1070. The van der Waals surface area contributed by atoms with Gasteiger partial charge in [0.05, 0.1) is 35.6 Å². The van der Waals surface area contributed by atoms with Crippen LogP contribution in [0.4, 0.5) is 5.69 Å². The molecule has 8 nitrogen and oxygen atoms in total. The summed E-state index contributed by atoms with van der Waals surface area (Å²) < 4.78 is 11.1. The highest BCUT2D eigenvalue weighted by Crippen LogP contribution is 2.34. The molecule has 1 aliphatic rings. The first-order valence-corrected chi connectivity index (χ1v) is 10.1. The van der Waals surface area contributed by atoms with Gasteiger partial charge in [0.2, 0.25) is 5.91 Å². The number of thioether (sulfide) groups is 1. The first-order valence-electron chi connectivity index (χ1n) is 9.16. The van der Waals surface area contributed by atoms with E-state index in [2.05, 4.69) is 9.97 Å². The molecule has 1 aromatic heterocycles.